The van der Waals surface area contributed by atoms with E-state index in [1.807, 2.05) is 22.5 Å². The van der Waals surface area contributed by atoms with Crippen LogP contribution in [0, 0.1) is 0 Å². The predicted molar refractivity (Wildman–Crippen MR) is 72.5 cm³/mol. The van der Waals surface area contributed by atoms with E-state index in [9.17, 15) is 0 Å². The van der Waals surface area contributed by atoms with Gasteiger partial charge in [-0.25, -0.2) is 15.0 Å². The molecule has 0 radical (unpaired) electrons. The fraction of sp³-hybridized carbons (Fsp3) is 0.455. The minimum atomic E-state index is 0.699. The van der Waals surface area contributed by atoms with Crippen LogP contribution in [0.15, 0.2) is 31.1 Å². The summed E-state index contributed by atoms with van der Waals surface area (Å²) < 4.78 is 1.85. The predicted octanol–water partition coefficient (Wildman–Crippen LogP) is 1.30. The molecule has 0 aliphatic carbocycles. The van der Waals surface area contributed by atoms with Crippen molar-refractivity contribution in [1.82, 2.24) is 24.7 Å². The molecular weight excluding hydrogens is 248 g/mol. The highest BCUT2D eigenvalue weighted by molar-refractivity contribution is 7.99. The third-order valence-corrected chi connectivity index (χ3v) is 3.29. The second-order valence-corrected chi connectivity index (χ2v) is 4.85. The van der Waals surface area contributed by atoms with Crippen LogP contribution in [-0.4, -0.2) is 42.8 Å². The summed E-state index contributed by atoms with van der Waals surface area (Å²) in [4.78, 5) is 12.1. The molecule has 0 saturated carbocycles. The summed E-state index contributed by atoms with van der Waals surface area (Å²) in [6, 6.07) is 1.81. The quantitative estimate of drug-likeness (QED) is 0.725. The average Bonchev–Trinajstić information content (AvgIpc) is 2.92. The monoisotopic (exact) mass is 264 g/mol. The Morgan fingerprint density at radius 1 is 1.22 bits per heavy atom. The van der Waals surface area contributed by atoms with Crippen LogP contribution in [-0.2, 0) is 6.54 Å². The summed E-state index contributed by atoms with van der Waals surface area (Å²) >= 11 is 1.92. The lowest BCUT2D eigenvalue weighted by atomic mass is 10.5. The van der Waals surface area contributed by atoms with Crippen molar-refractivity contribution in [3.05, 3.63) is 31.1 Å². The molecular formula is C11H16N6S. The molecule has 0 aliphatic heterocycles. The first kappa shape index (κ1) is 12.8. The number of hydrogen-bond donors (Lipinski definition) is 1. The largest absolute Gasteiger partial charge is 0.354 e. The van der Waals surface area contributed by atoms with Crippen LogP contribution in [0.4, 0.5) is 5.95 Å². The van der Waals surface area contributed by atoms with Gasteiger partial charge >= 0.3 is 0 Å². The first-order valence-electron chi connectivity index (χ1n) is 5.86. The molecule has 18 heavy (non-hydrogen) atoms. The molecule has 2 aromatic heterocycles. The van der Waals surface area contributed by atoms with Crippen LogP contribution in [0.5, 0.6) is 0 Å². The molecule has 7 heteroatoms. The first-order chi connectivity index (χ1) is 8.95. The van der Waals surface area contributed by atoms with Gasteiger partial charge in [0, 0.05) is 24.7 Å². The molecule has 6 nitrogen and oxygen atoms in total. The lowest BCUT2D eigenvalue weighted by molar-refractivity contribution is 0.664. The van der Waals surface area contributed by atoms with Gasteiger partial charge in [0.1, 0.15) is 12.7 Å². The molecule has 2 heterocycles. The van der Waals surface area contributed by atoms with Gasteiger partial charge in [0.2, 0.25) is 5.95 Å². The molecule has 0 aliphatic rings. The molecule has 0 unspecified atom stereocenters. The first-order valence-corrected chi connectivity index (χ1v) is 7.01. The Labute approximate surface area is 110 Å². The number of thioether (sulfide) groups is 1. The SMILES string of the molecule is c1cnc(NCCCSCCn2cncn2)nc1. The fourth-order valence-corrected chi connectivity index (χ4v) is 2.24. The van der Waals surface area contributed by atoms with Gasteiger partial charge in [-0.15, -0.1) is 0 Å². The lowest BCUT2D eigenvalue weighted by Gasteiger charge is -2.04. The highest BCUT2D eigenvalue weighted by Crippen LogP contribution is 2.03. The van der Waals surface area contributed by atoms with Crippen LogP contribution < -0.4 is 5.32 Å². The maximum Gasteiger partial charge on any atom is 0.222 e. The highest BCUT2D eigenvalue weighted by Gasteiger charge is 1.94. The summed E-state index contributed by atoms with van der Waals surface area (Å²) in [7, 11) is 0. The molecule has 0 saturated heterocycles. The Kier molecular flexibility index (Phi) is 5.45. The number of aromatic nitrogens is 5. The molecule has 0 spiro atoms. The minimum absolute atomic E-state index is 0.699. The topological polar surface area (TPSA) is 68.5 Å². The van der Waals surface area contributed by atoms with Crippen LogP contribution in [0.1, 0.15) is 6.42 Å². The number of aryl methyl sites for hydroxylation is 1. The Hall–Kier alpha value is -1.63. The van der Waals surface area contributed by atoms with E-state index in [4.69, 9.17) is 0 Å². The van der Waals surface area contributed by atoms with Gasteiger partial charge < -0.3 is 5.32 Å². The molecule has 0 aromatic carbocycles. The van der Waals surface area contributed by atoms with Crippen molar-refractivity contribution in [3.63, 3.8) is 0 Å². The second-order valence-electron chi connectivity index (χ2n) is 3.62. The van der Waals surface area contributed by atoms with Gasteiger partial charge in [0.25, 0.3) is 0 Å². The van der Waals surface area contributed by atoms with Crippen molar-refractivity contribution in [2.75, 3.05) is 23.4 Å². The Morgan fingerprint density at radius 3 is 2.89 bits per heavy atom. The van der Waals surface area contributed by atoms with Crippen molar-refractivity contribution >= 4 is 17.7 Å². The Balaban J connectivity index is 1.47. The van der Waals surface area contributed by atoms with E-state index < -0.39 is 0 Å². The molecule has 0 fully saturated rings. The van der Waals surface area contributed by atoms with Crippen LogP contribution in [0.3, 0.4) is 0 Å². The Morgan fingerprint density at radius 2 is 2.11 bits per heavy atom. The smallest absolute Gasteiger partial charge is 0.222 e. The van der Waals surface area contributed by atoms with E-state index in [2.05, 4.69) is 25.4 Å². The molecule has 0 bridgehead atoms. The third kappa shape index (κ3) is 4.70. The van der Waals surface area contributed by atoms with Gasteiger partial charge in [-0.3, -0.25) is 4.68 Å². The van der Waals surface area contributed by atoms with Crippen LogP contribution in [0.25, 0.3) is 0 Å². The molecule has 96 valence electrons. The van der Waals surface area contributed by atoms with E-state index >= 15 is 0 Å². The van der Waals surface area contributed by atoms with E-state index in [1.54, 1.807) is 25.0 Å². The average molecular weight is 264 g/mol. The normalized spacial score (nSPS) is 10.4. The fourth-order valence-electron chi connectivity index (χ4n) is 1.37. The standard InChI is InChI=1S/C11H16N6S/c1-3-13-11(14-4-1)15-5-2-7-18-8-6-17-10-12-9-16-17/h1,3-4,9-10H,2,5-8H2,(H,13,14,15). The molecule has 2 rings (SSSR count). The third-order valence-electron chi connectivity index (χ3n) is 2.25. The van der Waals surface area contributed by atoms with Crippen molar-refractivity contribution in [1.29, 1.82) is 0 Å². The van der Waals surface area contributed by atoms with E-state index in [1.165, 1.54) is 0 Å². The molecule has 1 N–H and O–H groups in total. The molecule has 0 amide bonds. The highest BCUT2D eigenvalue weighted by atomic mass is 32.2. The molecule has 2 aromatic rings. The minimum Gasteiger partial charge on any atom is -0.354 e. The van der Waals surface area contributed by atoms with E-state index in [0.717, 1.165) is 31.0 Å². The summed E-state index contributed by atoms with van der Waals surface area (Å²) in [5.41, 5.74) is 0. The van der Waals surface area contributed by atoms with E-state index in [-0.39, 0.29) is 0 Å². The maximum atomic E-state index is 4.10. The van der Waals surface area contributed by atoms with Crippen molar-refractivity contribution in [2.45, 2.75) is 13.0 Å². The zero-order valence-corrected chi connectivity index (χ0v) is 10.9. The van der Waals surface area contributed by atoms with Gasteiger partial charge in [0.05, 0.1) is 6.54 Å². The lowest BCUT2D eigenvalue weighted by Crippen LogP contribution is -2.06. The number of anilines is 1. The van der Waals surface area contributed by atoms with Crippen LogP contribution in [0.2, 0.25) is 0 Å². The second kappa shape index (κ2) is 7.65. The molecule has 0 atom stereocenters. The zero-order valence-electron chi connectivity index (χ0n) is 10.1. The van der Waals surface area contributed by atoms with Crippen LogP contribution >= 0.6 is 11.8 Å². The number of hydrogen-bond acceptors (Lipinski definition) is 6. The summed E-state index contributed by atoms with van der Waals surface area (Å²) in [5.74, 6) is 2.88. The maximum absolute atomic E-state index is 4.10. The summed E-state index contributed by atoms with van der Waals surface area (Å²) in [5, 5.41) is 7.24. The van der Waals surface area contributed by atoms with Gasteiger partial charge in [-0.2, -0.15) is 16.9 Å². The summed E-state index contributed by atoms with van der Waals surface area (Å²) in [6.45, 7) is 1.82. The van der Waals surface area contributed by atoms with Gasteiger partial charge in [-0.1, -0.05) is 0 Å². The van der Waals surface area contributed by atoms with Crippen molar-refractivity contribution in [3.8, 4) is 0 Å². The Bertz CT molecular complexity index is 418. The number of rotatable bonds is 8. The van der Waals surface area contributed by atoms with Gasteiger partial charge in [-0.05, 0) is 18.2 Å². The van der Waals surface area contributed by atoms with Gasteiger partial charge in [0.15, 0.2) is 0 Å². The zero-order chi connectivity index (χ0) is 12.5. The van der Waals surface area contributed by atoms with E-state index in [0.29, 0.717) is 5.95 Å². The summed E-state index contributed by atoms with van der Waals surface area (Å²) in [6.07, 6.45) is 7.88. The van der Waals surface area contributed by atoms with Crippen molar-refractivity contribution in [2.24, 2.45) is 0 Å². The van der Waals surface area contributed by atoms with Crippen molar-refractivity contribution < 1.29 is 0 Å². The number of nitrogens with zero attached hydrogens (tertiary/aromatic N) is 5. The number of nitrogens with one attached hydrogen (secondary N) is 1.